The predicted octanol–water partition coefficient (Wildman–Crippen LogP) is 6.18. The van der Waals surface area contributed by atoms with Gasteiger partial charge in [0.15, 0.2) is 0 Å². The van der Waals surface area contributed by atoms with Crippen LogP contribution in [0, 0.1) is 5.92 Å². The van der Waals surface area contributed by atoms with E-state index in [9.17, 15) is 14.4 Å². The van der Waals surface area contributed by atoms with E-state index >= 15 is 0 Å². The molecule has 2 N–H and O–H groups in total. The number of para-hydroxylation sites is 1. The zero-order chi connectivity index (χ0) is 30.8. The molecule has 43 heavy (non-hydrogen) atoms. The number of hydrogen-bond acceptors (Lipinski definition) is 7. The summed E-state index contributed by atoms with van der Waals surface area (Å²) in [4.78, 5) is 43.2. The van der Waals surface area contributed by atoms with Crippen LogP contribution in [0.2, 0.25) is 0 Å². The normalized spacial score (nSPS) is 18.1. The molecule has 1 aliphatic heterocycles. The van der Waals surface area contributed by atoms with Gasteiger partial charge < -0.3 is 20.3 Å². The summed E-state index contributed by atoms with van der Waals surface area (Å²) in [5.41, 5.74) is 2.47. The number of ether oxygens (including phenoxy) is 1. The Morgan fingerprint density at radius 2 is 1.70 bits per heavy atom. The van der Waals surface area contributed by atoms with E-state index in [4.69, 9.17) is 4.74 Å². The van der Waals surface area contributed by atoms with Gasteiger partial charge in [-0.15, -0.1) is 11.8 Å². The zero-order valence-electron chi connectivity index (χ0n) is 25.8. The fourth-order valence-corrected chi connectivity index (χ4v) is 7.68. The van der Waals surface area contributed by atoms with Crippen LogP contribution >= 0.6 is 23.5 Å². The fraction of sp³-hybridized carbons (Fsp3) is 0.545. The molecule has 0 spiro atoms. The molecular weight excluding hydrogens is 581 g/mol. The number of hydrogen-bond donors (Lipinski definition) is 2. The van der Waals surface area contributed by atoms with Crippen molar-refractivity contribution < 1.29 is 19.1 Å². The Bertz CT molecular complexity index is 1200. The standard InChI is InChI=1S/C33H46N4O4S2/c1-33(2,3)41-32(40)37-23-43-22-29(37)31(39)35-28(21-42-20-25-11-7-5-8-12-25)30(38)34-19-24-15-17-27(18-16-24)36(4)26-13-9-6-10-14-26/h6,9-10,13-18,25,28-29H,5,7-8,11-12,19-23H2,1-4H3,(H,34,38)(H,35,39). The number of anilines is 2. The van der Waals surface area contributed by atoms with Crippen molar-refractivity contribution in [3.8, 4) is 0 Å². The van der Waals surface area contributed by atoms with E-state index in [-0.39, 0.29) is 11.8 Å². The molecule has 2 fully saturated rings. The first kappa shape index (κ1) is 33.1. The molecular formula is C33H46N4O4S2. The highest BCUT2D eigenvalue weighted by Crippen LogP contribution is 2.28. The van der Waals surface area contributed by atoms with E-state index in [1.54, 1.807) is 11.8 Å². The van der Waals surface area contributed by atoms with Gasteiger partial charge in [-0.25, -0.2) is 4.79 Å². The topological polar surface area (TPSA) is 91.0 Å². The molecule has 0 radical (unpaired) electrons. The van der Waals surface area contributed by atoms with E-state index in [0.29, 0.717) is 29.8 Å². The molecule has 0 bridgehead atoms. The Morgan fingerprint density at radius 1 is 1.02 bits per heavy atom. The van der Waals surface area contributed by atoms with E-state index in [0.717, 1.165) is 22.7 Å². The van der Waals surface area contributed by atoms with Gasteiger partial charge in [0.2, 0.25) is 11.8 Å². The van der Waals surface area contributed by atoms with E-state index in [2.05, 4.69) is 27.7 Å². The van der Waals surface area contributed by atoms with Crippen LogP contribution in [0.1, 0.15) is 58.4 Å². The summed E-state index contributed by atoms with van der Waals surface area (Å²) in [5, 5.41) is 6.02. The van der Waals surface area contributed by atoms with E-state index < -0.39 is 23.8 Å². The molecule has 234 valence electrons. The van der Waals surface area contributed by atoms with Gasteiger partial charge in [0.05, 0.1) is 5.88 Å². The largest absolute Gasteiger partial charge is 0.444 e. The van der Waals surface area contributed by atoms with Crippen molar-refractivity contribution in [2.45, 2.75) is 77.1 Å². The minimum Gasteiger partial charge on any atom is -0.444 e. The fourth-order valence-electron chi connectivity index (χ4n) is 5.27. The van der Waals surface area contributed by atoms with Crippen LogP contribution < -0.4 is 15.5 Å². The first-order valence-corrected chi connectivity index (χ1v) is 17.5. The van der Waals surface area contributed by atoms with E-state index in [1.165, 1.54) is 48.8 Å². The van der Waals surface area contributed by atoms with Crippen molar-refractivity contribution in [2.75, 3.05) is 35.1 Å². The quantitative estimate of drug-likeness (QED) is 0.308. The summed E-state index contributed by atoms with van der Waals surface area (Å²) < 4.78 is 5.53. The minimum absolute atomic E-state index is 0.218. The van der Waals surface area contributed by atoms with Gasteiger partial charge in [-0.1, -0.05) is 49.6 Å². The number of amides is 3. The van der Waals surface area contributed by atoms with Gasteiger partial charge in [-0.2, -0.15) is 11.8 Å². The number of rotatable bonds is 11. The Labute approximate surface area is 265 Å². The molecule has 1 aliphatic carbocycles. The molecule has 2 atom stereocenters. The maximum Gasteiger partial charge on any atom is 0.411 e. The second-order valence-electron chi connectivity index (χ2n) is 12.3. The van der Waals surface area contributed by atoms with Gasteiger partial charge in [-0.05, 0) is 75.1 Å². The van der Waals surface area contributed by atoms with Crippen LogP contribution in [-0.2, 0) is 20.9 Å². The predicted molar refractivity (Wildman–Crippen MR) is 178 cm³/mol. The maximum atomic E-state index is 13.5. The molecule has 2 aromatic carbocycles. The Balaban J connectivity index is 1.37. The van der Waals surface area contributed by atoms with Crippen molar-refractivity contribution in [2.24, 2.45) is 5.92 Å². The Kier molecular flexibility index (Phi) is 12.1. The molecule has 1 saturated heterocycles. The summed E-state index contributed by atoms with van der Waals surface area (Å²) in [7, 11) is 2.02. The van der Waals surface area contributed by atoms with E-state index in [1.807, 2.05) is 70.3 Å². The first-order valence-electron chi connectivity index (χ1n) is 15.2. The monoisotopic (exact) mass is 626 g/mol. The summed E-state index contributed by atoms with van der Waals surface area (Å²) in [6.07, 6.45) is 5.80. The third-order valence-electron chi connectivity index (χ3n) is 7.74. The van der Waals surface area contributed by atoms with Gasteiger partial charge in [-0.3, -0.25) is 14.5 Å². The smallest absolute Gasteiger partial charge is 0.411 e. The highest BCUT2D eigenvalue weighted by atomic mass is 32.2. The molecule has 2 aromatic rings. The Morgan fingerprint density at radius 3 is 2.37 bits per heavy atom. The molecule has 1 heterocycles. The number of thioether (sulfide) groups is 2. The van der Waals surface area contributed by atoms with Crippen molar-refractivity contribution in [3.05, 3.63) is 60.2 Å². The number of carbonyl (C=O) groups is 3. The second-order valence-corrected chi connectivity index (χ2v) is 14.4. The molecule has 2 unspecified atom stereocenters. The Hall–Kier alpha value is -2.85. The molecule has 2 aliphatic rings. The third kappa shape index (κ3) is 10.1. The number of benzene rings is 2. The highest BCUT2D eigenvalue weighted by Gasteiger charge is 2.38. The average Bonchev–Trinajstić information content (AvgIpc) is 3.50. The minimum atomic E-state index is -0.698. The molecule has 10 heteroatoms. The van der Waals surface area contributed by atoms with Crippen LogP contribution in [0.15, 0.2) is 54.6 Å². The third-order valence-corrected chi connectivity index (χ3v) is 10.0. The van der Waals surface area contributed by atoms with Gasteiger partial charge in [0, 0.05) is 36.5 Å². The number of carbonyl (C=O) groups excluding carboxylic acids is 3. The lowest BCUT2D eigenvalue weighted by molar-refractivity contribution is -0.130. The SMILES string of the molecule is CN(c1ccccc1)c1ccc(CNC(=O)C(CSCC2CCCCC2)NC(=O)C2CSCN2C(=O)OC(C)(C)C)cc1. The molecule has 1 saturated carbocycles. The van der Waals surface area contributed by atoms with Gasteiger partial charge in [0.1, 0.15) is 17.7 Å². The first-order chi connectivity index (χ1) is 20.6. The van der Waals surface area contributed by atoms with Crippen LogP contribution in [-0.4, -0.2) is 70.7 Å². The van der Waals surface area contributed by atoms with Crippen LogP contribution in [0.3, 0.4) is 0 Å². The van der Waals surface area contributed by atoms with Gasteiger partial charge in [0.25, 0.3) is 0 Å². The van der Waals surface area contributed by atoms with Crippen LogP contribution in [0.25, 0.3) is 0 Å². The van der Waals surface area contributed by atoms with Crippen molar-refractivity contribution in [1.29, 1.82) is 0 Å². The zero-order valence-corrected chi connectivity index (χ0v) is 27.5. The van der Waals surface area contributed by atoms with Crippen LogP contribution in [0.5, 0.6) is 0 Å². The van der Waals surface area contributed by atoms with Crippen molar-refractivity contribution >= 4 is 52.8 Å². The molecule has 8 nitrogen and oxygen atoms in total. The maximum absolute atomic E-state index is 13.5. The number of nitrogens with one attached hydrogen (secondary N) is 2. The summed E-state index contributed by atoms with van der Waals surface area (Å²) in [6.45, 7) is 5.78. The van der Waals surface area contributed by atoms with Crippen molar-refractivity contribution in [3.63, 3.8) is 0 Å². The summed E-state index contributed by atoms with van der Waals surface area (Å²) >= 11 is 3.24. The van der Waals surface area contributed by atoms with Crippen LogP contribution in [0.4, 0.5) is 16.2 Å². The highest BCUT2D eigenvalue weighted by molar-refractivity contribution is 7.99. The molecule has 0 aromatic heterocycles. The lowest BCUT2D eigenvalue weighted by Crippen LogP contribution is -2.55. The number of nitrogens with zero attached hydrogens (tertiary/aromatic N) is 2. The summed E-state index contributed by atoms with van der Waals surface area (Å²) in [5.74, 6) is 2.46. The average molecular weight is 627 g/mol. The lowest BCUT2D eigenvalue weighted by atomic mass is 9.91. The lowest BCUT2D eigenvalue weighted by Gasteiger charge is -2.28. The molecule has 3 amide bonds. The van der Waals surface area contributed by atoms with Gasteiger partial charge >= 0.3 is 6.09 Å². The van der Waals surface area contributed by atoms with Crippen molar-refractivity contribution in [1.82, 2.24) is 15.5 Å². The summed E-state index contributed by atoms with van der Waals surface area (Å²) in [6, 6.07) is 16.9. The second kappa shape index (κ2) is 15.7. The molecule has 4 rings (SSSR count).